The Balaban J connectivity index is 1.26. The number of amides is 1. The third kappa shape index (κ3) is 7.60. The first-order valence-corrected chi connectivity index (χ1v) is 12.7. The number of rotatable bonds is 14. The van der Waals surface area contributed by atoms with Gasteiger partial charge in [-0.2, -0.15) is 0 Å². The fraction of sp³-hybridized carbons (Fsp3) is 0.321. The summed E-state index contributed by atoms with van der Waals surface area (Å²) in [5.41, 5.74) is 6.98. The van der Waals surface area contributed by atoms with Gasteiger partial charge < -0.3 is 20.9 Å². The van der Waals surface area contributed by atoms with Crippen molar-refractivity contribution in [3.05, 3.63) is 78.1 Å². The number of hydrogen-bond donors (Lipinski definition) is 6. The topological polar surface area (TPSA) is 127 Å². The maximum absolute atomic E-state index is 11.0. The van der Waals surface area contributed by atoms with Crippen LogP contribution in [0.3, 0.4) is 0 Å². The Morgan fingerprint density at radius 1 is 0.973 bits per heavy atom. The molecule has 1 amide bonds. The van der Waals surface area contributed by atoms with E-state index in [1.807, 2.05) is 18.2 Å². The molecular weight excluding hydrogens is 466 g/mol. The van der Waals surface area contributed by atoms with Crippen molar-refractivity contribution in [1.29, 1.82) is 0 Å². The molecule has 194 valence electrons. The summed E-state index contributed by atoms with van der Waals surface area (Å²) in [6.45, 7) is 5.49. The molecule has 0 saturated heterocycles. The Bertz CT molecular complexity index is 1260. The van der Waals surface area contributed by atoms with Gasteiger partial charge in [-0.15, -0.1) is 0 Å². The number of carbonyl (C=O) groups excluding carboxylic acids is 1. The van der Waals surface area contributed by atoms with E-state index in [1.165, 1.54) is 11.1 Å². The number of nitrogens with zero attached hydrogens (tertiary/aromatic N) is 2. The first-order chi connectivity index (χ1) is 18.1. The first-order valence-electron chi connectivity index (χ1n) is 12.7. The van der Waals surface area contributed by atoms with Gasteiger partial charge in [-0.3, -0.25) is 10.0 Å². The lowest BCUT2D eigenvalue weighted by Gasteiger charge is -2.15. The minimum Gasteiger partial charge on any atom is -0.363 e. The lowest BCUT2D eigenvalue weighted by molar-refractivity contribution is -0.129. The average molecular weight is 502 g/mol. The summed E-state index contributed by atoms with van der Waals surface area (Å²) < 4.78 is 0. The largest absolute Gasteiger partial charge is 0.363 e. The minimum atomic E-state index is -0.332. The lowest BCUT2D eigenvalue weighted by Crippen LogP contribution is -2.27. The van der Waals surface area contributed by atoms with Gasteiger partial charge in [-0.05, 0) is 49.1 Å². The quantitative estimate of drug-likeness (QED) is 0.0870. The lowest BCUT2D eigenvalue weighted by atomic mass is 10.1. The molecule has 37 heavy (non-hydrogen) atoms. The van der Waals surface area contributed by atoms with Crippen LogP contribution in [0.4, 0.5) is 5.82 Å². The zero-order valence-corrected chi connectivity index (χ0v) is 21.1. The standard InChI is InChI=1S/C28H35N7O2/c1-20(22-7-3-2-4-8-22)33-27-24-17-25(34-28(24)32-19-31-27)23-12-10-21(11-13-23)18-30-16-15-29-14-6-5-9-26(36)35-37/h2-4,7-8,10-13,17,19-20,29-30,37H,5-6,9,14-16,18H2,1H3,(H,35,36)(H2,31,32,33,34)/t20-/m1/s1. The second-order valence-electron chi connectivity index (χ2n) is 9.06. The number of hydrogen-bond acceptors (Lipinski definition) is 7. The van der Waals surface area contributed by atoms with E-state index in [0.29, 0.717) is 6.42 Å². The van der Waals surface area contributed by atoms with Gasteiger partial charge in [0.2, 0.25) is 5.91 Å². The number of unbranched alkanes of at least 4 members (excludes halogenated alkanes) is 1. The van der Waals surface area contributed by atoms with E-state index in [-0.39, 0.29) is 11.9 Å². The molecule has 0 fully saturated rings. The van der Waals surface area contributed by atoms with Gasteiger partial charge >= 0.3 is 0 Å². The molecule has 0 saturated carbocycles. The summed E-state index contributed by atoms with van der Waals surface area (Å²) >= 11 is 0. The van der Waals surface area contributed by atoms with Crippen molar-refractivity contribution in [3.8, 4) is 11.3 Å². The SMILES string of the molecule is C[C@@H](Nc1ncnc2[nH]c(-c3ccc(CNCCNCCCCC(=O)NO)cc3)cc12)c1ccccc1. The van der Waals surface area contributed by atoms with Crippen LogP contribution >= 0.6 is 0 Å². The molecule has 9 nitrogen and oxygen atoms in total. The maximum atomic E-state index is 11.0. The second-order valence-corrected chi connectivity index (χ2v) is 9.06. The van der Waals surface area contributed by atoms with Crippen LogP contribution in [0.1, 0.15) is 43.4 Å². The van der Waals surface area contributed by atoms with Gasteiger partial charge in [-0.25, -0.2) is 15.4 Å². The van der Waals surface area contributed by atoms with Gasteiger partial charge in [-0.1, -0.05) is 54.6 Å². The van der Waals surface area contributed by atoms with Crippen LogP contribution in [0.5, 0.6) is 0 Å². The smallest absolute Gasteiger partial charge is 0.243 e. The van der Waals surface area contributed by atoms with Crippen molar-refractivity contribution in [2.75, 3.05) is 25.0 Å². The van der Waals surface area contributed by atoms with Crippen LogP contribution in [0.15, 0.2) is 67.0 Å². The van der Waals surface area contributed by atoms with Crippen molar-refractivity contribution in [3.63, 3.8) is 0 Å². The molecule has 2 aromatic heterocycles. The Morgan fingerprint density at radius 3 is 2.54 bits per heavy atom. The van der Waals surface area contributed by atoms with Crippen LogP contribution in [0.25, 0.3) is 22.3 Å². The van der Waals surface area contributed by atoms with Crippen molar-refractivity contribution >= 4 is 22.8 Å². The van der Waals surface area contributed by atoms with Crippen LogP contribution in [-0.4, -0.2) is 45.7 Å². The summed E-state index contributed by atoms with van der Waals surface area (Å²) in [6.07, 6.45) is 3.59. The summed E-state index contributed by atoms with van der Waals surface area (Å²) in [6, 6.07) is 21.1. The number of aromatic amines is 1. The number of H-pyrrole nitrogens is 1. The molecule has 1 atom stereocenters. The number of aromatic nitrogens is 3. The minimum absolute atomic E-state index is 0.125. The van der Waals surface area contributed by atoms with E-state index in [9.17, 15) is 4.79 Å². The summed E-state index contributed by atoms with van der Waals surface area (Å²) in [7, 11) is 0. The van der Waals surface area contributed by atoms with Crippen LogP contribution in [0, 0.1) is 0 Å². The molecule has 4 rings (SSSR count). The predicted molar refractivity (Wildman–Crippen MR) is 146 cm³/mol. The Hall–Kier alpha value is -3.79. The highest BCUT2D eigenvalue weighted by Gasteiger charge is 2.12. The van der Waals surface area contributed by atoms with Gasteiger partial charge in [0.25, 0.3) is 0 Å². The number of anilines is 1. The second kappa shape index (κ2) is 13.5. The highest BCUT2D eigenvalue weighted by atomic mass is 16.5. The van der Waals surface area contributed by atoms with Gasteiger partial charge in [0.1, 0.15) is 17.8 Å². The molecule has 9 heteroatoms. The normalized spacial score (nSPS) is 11.9. The predicted octanol–water partition coefficient (Wildman–Crippen LogP) is 4.15. The highest BCUT2D eigenvalue weighted by Crippen LogP contribution is 2.29. The van der Waals surface area contributed by atoms with Crippen molar-refractivity contribution in [2.45, 2.75) is 38.8 Å². The van der Waals surface area contributed by atoms with Crippen molar-refractivity contribution in [2.24, 2.45) is 0 Å². The van der Waals surface area contributed by atoms with Crippen LogP contribution in [0.2, 0.25) is 0 Å². The molecule has 0 spiro atoms. The number of carbonyl (C=O) groups is 1. The number of hydroxylamine groups is 1. The van der Waals surface area contributed by atoms with E-state index < -0.39 is 0 Å². The average Bonchev–Trinajstić information content (AvgIpc) is 3.38. The number of benzene rings is 2. The van der Waals surface area contributed by atoms with E-state index in [2.05, 4.69) is 80.3 Å². The zero-order valence-electron chi connectivity index (χ0n) is 21.1. The van der Waals surface area contributed by atoms with E-state index >= 15 is 0 Å². The van der Waals surface area contributed by atoms with Crippen LogP contribution in [-0.2, 0) is 11.3 Å². The molecule has 2 aromatic carbocycles. The van der Waals surface area contributed by atoms with Crippen LogP contribution < -0.4 is 21.4 Å². The molecule has 6 N–H and O–H groups in total. The Labute approximate surface area is 217 Å². The van der Waals surface area contributed by atoms with E-state index in [1.54, 1.807) is 11.8 Å². The molecule has 0 radical (unpaired) electrons. The Kier molecular flexibility index (Phi) is 9.59. The fourth-order valence-electron chi connectivity index (χ4n) is 4.17. The highest BCUT2D eigenvalue weighted by molar-refractivity contribution is 5.91. The summed E-state index contributed by atoms with van der Waals surface area (Å²) in [4.78, 5) is 23.3. The molecule has 0 aliphatic heterocycles. The molecule has 0 aliphatic carbocycles. The number of nitrogens with one attached hydrogen (secondary N) is 5. The third-order valence-corrected chi connectivity index (χ3v) is 6.28. The Morgan fingerprint density at radius 2 is 1.76 bits per heavy atom. The fourth-order valence-corrected chi connectivity index (χ4v) is 4.17. The first kappa shape index (κ1) is 26.3. The van der Waals surface area contributed by atoms with Crippen molar-refractivity contribution in [1.82, 2.24) is 31.1 Å². The molecule has 0 aliphatic rings. The summed E-state index contributed by atoms with van der Waals surface area (Å²) in [5, 5.41) is 19.8. The molecule has 2 heterocycles. The van der Waals surface area contributed by atoms with Gasteiger partial charge in [0, 0.05) is 37.8 Å². The molecule has 0 unspecified atom stereocenters. The number of fused-ring (bicyclic) bond motifs is 1. The van der Waals surface area contributed by atoms with E-state index in [0.717, 1.165) is 67.1 Å². The monoisotopic (exact) mass is 501 g/mol. The maximum Gasteiger partial charge on any atom is 0.243 e. The van der Waals surface area contributed by atoms with Crippen molar-refractivity contribution < 1.29 is 10.0 Å². The van der Waals surface area contributed by atoms with Gasteiger partial charge in [0.05, 0.1) is 5.39 Å². The third-order valence-electron chi connectivity index (χ3n) is 6.28. The zero-order chi connectivity index (χ0) is 25.9. The summed E-state index contributed by atoms with van der Waals surface area (Å²) in [5.74, 6) is 0.482. The molecule has 0 bridgehead atoms. The van der Waals surface area contributed by atoms with Gasteiger partial charge in [0.15, 0.2) is 0 Å². The van der Waals surface area contributed by atoms with E-state index in [4.69, 9.17) is 5.21 Å². The molecule has 4 aromatic rings. The molecular formula is C28H35N7O2.